The lowest BCUT2D eigenvalue weighted by atomic mass is 10.1. The molecule has 0 heterocycles. The molecule has 102 valence electrons. The molecule has 0 aliphatic heterocycles. The zero-order valence-corrected chi connectivity index (χ0v) is 11.3. The van der Waals surface area contributed by atoms with Crippen LogP contribution < -0.4 is 0 Å². The monoisotopic (exact) mass is 281 g/mol. The summed E-state index contributed by atoms with van der Waals surface area (Å²) < 4.78 is 0. The molecule has 1 aromatic carbocycles. The molecular formula is C14H16ClNO3. The van der Waals surface area contributed by atoms with Crippen molar-refractivity contribution in [3.05, 3.63) is 47.5 Å². The first-order chi connectivity index (χ1) is 9.04. The smallest absolute Gasteiger partial charge is 0.323 e. The van der Waals surface area contributed by atoms with E-state index in [1.54, 1.807) is 6.07 Å². The van der Waals surface area contributed by atoms with E-state index in [-0.39, 0.29) is 25.4 Å². The molecule has 0 spiro atoms. The van der Waals surface area contributed by atoms with Crippen molar-refractivity contribution in [3.8, 4) is 0 Å². The van der Waals surface area contributed by atoms with Crippen molar-refractivity contribution in [2.45, 2.75) is 12.8 Å². The summed E-state index contributed by atoms with van der Waals surface area (Å²) in [5.74, 6) is -1.25. The van der Waals surface area contributed by atoms with Crippen molar-refractivity contribution < 1.29 is 14.7 Å². The van der Waals surface area contributed by atoms with Gasteiger partial charge in [0.2, 0.25) is 5.91 Å². The molecule has 1 N–H and O–H groups in total. The molecule has 0 aliphatic rings. The Balaban J connectivity index is 2.59. The number of aryl methyl sites for hydroxylation is 1. The number of nitrogens with zero attached hydrogens (tertiary/aromatic N) is 1. The number of rotatable bonds is 7. The fourth-order valence-corrected chi connectivity index (χ4v) is 1.90. The van der Waals surface area contributed by atoms with Crippen LogP contribution in [0.1, 0.15) is 12.0 Å². The SMILES string of the molecule is C=CCN(CC(=O)O)C(=O)CCc1ccccc1Cl. The molecule has 19 heavy (non-hydrogen) atoms. The largest absolute Gasteiger partial charge is 0.480 e. The van der Waals surface area contributed by atoms with Crippen molar-refractivity contribution in [2.24, 2.45) is 0 Å². The van der Waals surface area contributed by atoms with Crippen LogP contribution in [0.3, 0.4) is 0 Å². The molecule has 0 atom stereocenters. The van der Waals surface area contributed by atoms with E-state index >= 15 is 0 Å². The lowest BCUT2D eigenvalue weighted by Gasteiger charge is -2.18. The van der Waals surface area contributed by atoms with Crippen LogP contribution >= 0.6 is 11.6 Å². The Bertz CT molecular complexity index is 474. The second-order valence-electron chi connectivity index (χ2n) is 4.05. The van der Waals surface area contributed by atoms with Gasteiger partial charge in [-0.2, -0.15) is 0 Å². The van der Waals surface area contributed by atoms with E-state index in [0.717, 1.165) is 5.56 Å². The van der Waals surface area contributed by atoms with E-state index < -0.39 is 5.97 Å². The summed E-state index contributed by atoms with van der Waals surface area (Å²) in [5.41, 5.74) is 0.881. The Kier molecular flexibility index (Phi) is 6.09. The summed E-state index contributed by atoms with van der Waals surface area (Å²) in [6.07, 6.45) is 2.23. The number of hydrogen-bond acceptors (Lipinski definition) is 2. The second-order valence-corrected chi connectivity index (χ2v) is 4.46. The number of carbonyl (C=O) groups excluding carboxylic acids is 1. The highest BCUT2D eigenvalue weighted by molar-refractivity contribution is 6.31. The van der Waals surface area contributed by atoms with Crippen LogP contribution in [0.4, 0.5) is 0 Å². The van der Waals surface area contributed by atoms with Gasteiger partial charge in [-0.15, -0.1) is 6.58 Å². The van der Waals surface area contributed by atoms with Gasteiger partial charge in [0.05, 0.1) is 0 Å². The van der Waals surface area contributed by atoms with E-state index in [9.17, 15) is 9.59 Å². The standard InChI is InChI=1S/C14H16ClNO3/c1-2-9-16(10-14(18)19)13(17)8-7-11-5-3-4-6-12(11)15/h2-6H,1,7-10H2,(H,18,19). The van der Waals surface area contributed by atoms with Crippen LogP contribution in [0.2, 0.25) is 5.02 Å². The molecule has 0 unspecified atom stereocenters. The Morgan fingerprint density at radius 2 is 2.05 bits per heavy atom. The first-order valence-corrected chi connectivity index (χ1v) is 6.26. The number of hydrogen-bond donors (Lipinski definition) is 1. The van der Waals surface area contributed by atoms with Crippen LogP contribution in [0.25, 0.3) is 0 Å². The van der Waals surface area contributed by atoms with Gasteiger partial charge in [0, 0.05) is 18.0 Å². The average Bonchev–Trinajstić information content (AvgIpc) is 2.36. The van der Waals surface area contributed by atoms with E-state index in [0.29, 0.717) is 11.4 Å². The minimum Gasteiger partial charge on any atom is -0.480 e. The fraction of sp³-hybridized carbons (Fsp3) is 0.286. The van der Waals surface area contributed by atoms with Crippen molar-refractivity contribution in [1.29, 1.82) is 0 Å². The molecule has 4 nitrogen and oxygen atoms in total. The Hall–Kier alpha value is -1.81. The van der Waals surface area contributed by atoms with Gasteiger partial charge >= 0.3 is 5.97 Å². The molecule has 1 aromatic rings. The zero-order valence-electron chi connectivity index (χ0n) is 10.5. The molecule has 1 rings (SSSR count). The third-order valence-electron chi connectivity index (χ3n) is 2.59. The highest BCUT2D eigenvalue weighted by atomic mass is 35.5. The summed E-state index contributed by atoms with van der Waals surface area (Å²) in [5, 5.41) is 9.35. The molecule has 0 saturated heterocycles. The van der Waals surface area contributed by atoms with Gasteiger partial charge in [0.25, 0.3) is 0 Å². The van der Waals surface area contributed by atoms with Crippen LogP contribution in [0.15, 0.2) is 36.9 Å². The third kappa shape index (κ3) is 5.14. The van der Waals surface area contributed by atoms with E-state index in [1.165, 1.54) is 11.0 Å². The fourth-order valence-electron chi connectivity index (χ4n) is 1.67. The summed E-state index contributed by atoms with van der Waals surface area (Å²) in [7, 11) is 0. The average molecular weight is 282 g/mol. The normalized spacial score (nSPS) is 9.95. The van der Waals surface area contributed by atoms with E-state index in [4.69, 9.17) is 16.7 Å². The van der Waals surface area contributed by atoms with Crippen molar-refractivity contribution in [1.82, 2.24) is 4.90 Å². The first-order valence-electron chi connectivity index (χ1n) is 5.88. The molecule has 0 saturated carbocycles. The minimum atomic E-state index is -1.03. The molecular weight excluding hydrogens is 266 g/mol. The topological polar surface area (TPSA) is 57.6 Å². The maximum Gasteiger partial charge on any atom is 0.323 e. The molecule has 0 radical (unpaired) electrons. The number of amides is 1. The maximum absolute atomic E-state index is 11.9. The lowest BCUT2D eigenvalue weighted by Crippen LogP contribution is -2.35. The van der Waals surface area contributed by atoms with Gasteiger partial charge < -0.3 is 10.0 Å². The first kappa shape index (κ1) is 15.2. The van der Waals surface area contributed by atoms with Crippen LogP contribution in [0, 0.1) is 0 Å². The highest BCUT2D eigenvalue weighted by Gasteiger charge is 2.15. The quantitative estimate of drug-likeness (QED) is 0.781. The maximum atomic E-state index is 11.9. The molecule has 5 heteroatoms. The third-order valence-corrected chi connectivity index (χ3v) is 2.96. The summed E-state index contributed by atoms with van der Waals surface area (Å²) in [6.45, 7) is 3.43. The number of benzene rings is 1. The molecule has 0 fully saturated rings. The summed E-state index contributed by atoms with van der Waals surface area (Å²) in [4.78, 5) is 23.8. The van der Waals surface area contributed by atoms with Gasteiger partial charge in [-0.25, -0.2) is 0 Å². The number of aliphatic carboxylic acids is 1. The number of carboxylic acid groups (broad SMARTS) is 1. The summed E-state index contributed by atoms with van der Waals surface area (Å²) in [6, 6.07) is 7.29. The predicted molar refractivity (Wildman–Crippen MR) is 74.2 cm³/mol. The Morgan fingerprint density at radius 1 is 1.37 bits per heavy atom. The van der Waals surface area contributed by atoms with E-state index in [1.807, 2.05) is 18.2 Å². The highest BCUT2D eigenvalue weighted by Crippen LogP contribution is 2.16. The number of carbonyl (C=O) groups is 2. The van der Waals surface area contributed by atoms with E-state index in [2.05, 4.69) is 6.58 Å². The van der Waals surface area contributed by atoms with Gasteiger partial charge in [-0.1, -0.05) is 35.9 Å². The predicted octanol–water partition coefficient (Wildman–Crippen LogP) is 2.37. The van der Waals surface area contributed by atoms with Gasteiger partial charge in [0.15, 0.2) is 0 Å². The van der Waals surface area contributed by atoms with Crippen LogP contribution in [-0.4, -0.2) is 35.0 Å². The van der Waals surface area contributed by atoms with Gasteiger partial charge in [0.1, 0.15) is 6.54 Å². The van der Waals surface area contributed by atoms with Gasteiger partial charge in [-0.3, -0.25) is 9.59 Å². The van der Waals surface area contributed by atoms with Crippen molar-refractivity contribution >= 4 is 23.5 Å². The lowest BCUT2D eigenvalue weighted by molar-refractivity contribution is -0.144. The Labute approximate surface area is 117 Å². The van der Waals surface area contributed by atoms with Crippen LogP contribution in [-0.2, 0) is 16.0 Å². The van der Waals surface area contributed by atoms with Crippen LogP contribution in [0.5, 0.6) is 0 Å². The molecule has 0 aliphatic carbocycles. The van der Waals surface area contributed by atoms with Gasteiger partial charge in [-0.05, 0) is 18.1 Å². The van der Waals surface area contributed by atoms with Crippen molar-refractivity contribution in [2.75, 3.05) is 13.1 Å². The van der Waals surface area contributed by atoms with Crippen molar-refractivity contribution in [3.63, 3.8) is 0 Å². The minimum absolute atomic E-state index is 0.220. The number of carboxylic acids is 1. The summed E-state index contributed by atoms with van der Waals surface area (Å²) >= 11 is 6.00. The molecule has 1 amide bonds. The molecule has 0 aromatic heterocycles. The number of halogens is 1. The zero-order chi connectivity index (χ0) is 14.3. The second kappa shape index (κ2) is 7.59. The Morgan fingerprint density at radius 3 is 2.63 bits per heavy atom. The molecule has 0 bridgehead atoms.